The highest BCUT2D eigenvalue weighted by Crippen LogP contribution is 2.41. The third kappa shape index (κ3) is 3.58. The van der Waals surface area contributed by atoms with Gasteiger partial charge in [-0.05, 0) is 44.9 Å². The van der Waals surface area contributed by atoms with Crippen LogP contribution in [0, 0.1) is 11.8 Å². The SMILES string of the molecule is C=C(C)C(=O)OC1(C)CCC(CC)C(CC)C1. The number of ether oxygens (including phenoxy) is 1. The molecule has 0 saturated heterocycles. The number of hydrogen-bond acceptors (Lipinski definition) is 2. The lowest BCUT2D eigenvalue weighted by Gasteiger charge is -2.41. The van der Waals surface area contributed by atoms with Gasteiger partial charge in [0.25, 0.3) is 0 Å². The van der Waals surface area contributed by atoms with Crippen molar-refractivity contribution in [1.82, 2.24) is 0 Å². The van der Waals surface area contributed by atoms with E-state index in [0.29, 0.717) is 11.5 Å². The van der Waals surface area contributed by atoms with Crippen molar-refractivity contribution in [2.24, 2.45) is 11.8 Å². The maximum Gasteiger partial charge on any atom is 0.333 e. The fourth-order valence-electron chi connectivity index (χ4n) is 2.97. The van der Waals surface area contributed by atoms with Crippen molar-refractivity contribution >= 4 is 5.97 Å². The Hall–Kier alpha value is -0.790. The fraction of sp³-hybridized carbons (Fsp3) is 0.800. The third-order valence-corrected chi connectivity index (χ3v) is 4.14. The maximum absolute atomic E-state index is 11.6. The molecule has 1 saturated carbocycles. The van der Waals surface area contributed by atoms with Crippen LogP contribution in [0.5, 0.6) is 0 Å². The highest BCUT2D eigenvalue weighted by Gasteiger charge is 2.38. The van der Waals surface area contributed by atoms with Crippen LogP contribution in [0.4, 0.5) is 0 Å². The zero-order valence-electron chi connectivity index (χ0n) is 11.7. The van der Waals surface area contributed by atoms with Gasteiger partial charge in [0.15, 0.2) is 0 Å². The fourth-order valence-corrected chi connectivity index (χ4v) is 2.97. The summed E-state index contributed by atoms with van der Waals surface area (Å²) >= 11 is 0. The molecule has 0 radical (unpaired) electrons. The van der Waals surface area contributed by atoms with Gasteiger partial charge in [-0.15, -0.1) is 0 Å². The Bertz CT molecular complexity index is 295. The maximum atomic E-state index is 11.6. The van der Waals surface area contributed by atoms with E-state index < -0.39 is 0 Å². The van der Waals surface area contributed by atoms with E-state index in [1.165, 1.54) is 19.3 Å². The first-order chi connectivity index (χ1) is 7.91. The van der Waals surface area contributed by atoms with Crippen LogP contribution in [0.3, 0.4) is 0 Å². The zero-order chi connectivity index (χ0) is 13.1. The summed E-state index contributed by atoms with van der Waals surface area (Å²) in [4.78, 5) is 11.6. The largest absolute Gasteiger partial charge is 0.456 e. The molecule has 2 nitrogen and oxygen atoms in total. The van der Waals surface area contributed by atoms with Gasteiger partial charge in [-0.2, -0.15) is 0 Å². The highest BCUT2D eigenvalue weighted by molar-refractivity contribution is 5.87. The Morgan fingerprint density at radius 1 is 1.35 bits per heavy atom. The van der Waals surface area contributed by atoms with Crippen LogP contribution in [0.2, 0.25) is 0 Å². The molecule has 1 rings (SSSR count). The van der Waals surface area contributed by atoms with Crippen molar-refractivity contribution in [2.45, 2.75) is 65.4 Å². The van der Waals surface area contributed by atoms with Gasteiger partial charge in [-0.1, -0.05) is 33.3 Å². The molecular weight excluding hydrogens is 212 g/mol. The predicted molar refractivity (Wildman–Crippen MR) is 70.7 cm³/mol. The first-order valence-electron chi connectivity index (χ1n) is 6.80. The standard InChI is InChI=1S/C15H26O2/c1-6-12-8-9-15(5,10-13(12)7-2)17-14(16)11(3)4/h12-13H,3,6-10H2,1-2,4-5H3. The lowest BCUT2D eigenvalue weighted by molar-refractivity contribution is -0.159. The van der Waals surface area contributed by atoms with E-state index in [2.05, 4.69) is 27.4 Å². The van der Waals surface area contributed by atoms with Gasteiger partial charge in [0.05, 0.1) is 0 Å². The van der Waals surface area contributed by atoms with E-state index in [1.54, 1.807) is 6.92 Å². The lowest BCUT2D eigenvalue weighted by Crippen LogP contribution is -2.40. The van der Waals surface area contributed by atoms with Gasteiger partial charge in [-0.25, -0.2) is 4.79 Å². The van der Waals surface area contributed by atoms with Gasteiger partial charge < -0.3 is 4.74 Å². The number of hydrogen-bond donors (Lipinski definition) is 0. The second kappa shape index (κ2) is 5.70. The molecule has 3 unspecified atom stereocenters. The summed E-state index contributed by atoms with van der Waals surface area (Å²) in [5.41, 5.74) is 0.222. The Balaban J connectivity index is 2.66. The summed E-state index contributed by atoms with van der Waals surface area (Å²) in [6.07, 6.45) is 5.58. The quantitative estimate of drug-likeness (QED) is 0.544. The van der Waals surface area contributed by atoms with Crippen LogP contribution in [0.25, 0.3) is 0 Å². The second-order valence-corrected chi connectivity index (χ2v) is 5.70. The average molecular weight is 238 g/mol. The molecule has 0 aliphatic heterocycles. The summed E-state index contributed by atoms with van der Waals surface area (Å²) in [7, 11) is 0. The van der Waals surface area contributed by atoms with E-state index in [1.807, 2.05) is 0 Å². The molecule has 0 aromatic heterocycles. The normalized spacial score (nSPS) is 33.2. The molecule has 0 heterocycles. The second-order valence-electron chi connectivity index (χ2n) is 5.70. The van der Waals surface area contributed by atoms with Gasteiger partial charge in [0.1, 0.15) is 5.60 Å². The van der Waals surface area contributed by atoms with Crippen molar-refractivity contribution in [3.63, 3.8) is 0 Å². The lowest BCUT2D eigenvalue weighted by atomic mass is 9.70. The molecule has 1 fully saturated rings. The first kappa shape index (κ1) is 14.3. The average Bonchev–Trinajstić information content (AvgIpc) is 2.28. The molecule has 2 heteroatoms. The van der Waals surface area contributed by atoms with Crippen molar-refractivity contribution in [2.75, 3.05) is 0 Å². The number of carbonyl (C=O) groups is 1. The number of carbonyl (C=O) groups excluding carboxylic acids is 1. The molecule has 1 aliphatic carbocycles. The van der Waals surface area contributed by atoms with Gasteiger partial charge in [-0.3, -0.25) is 0 Å². The van der Waals surface area contributed by atoms with E-state index in [-0.39, 0.29) is 11.6 Å². The minimum Gasteiger partial charge on any atom is -0.456 e. The smallest absolute Gasteiger partial charge is 0.333 e. The minimum absolute atomic E-state index is 0.239. The van der Waals surface area contributed by atoms with E-state index in [9.17, 15) is 4.79 Å². The minimum atomic E-state index is -0.275. The van der Waals surface area contributed by atoms with Gasteiger partial charge in [0, 0.05) is 5.57 Å². The molecule has 0 amide bonds. The molecule has 0 spiro atoms. The molecule has 98 valence electrons. The van der Waals surface area contributed by atoms with Crippen LogP contribution in [-0.4, -0.2) is 11.6 Å². The summed E-state index contributed by atoms with van der Waals surface area (Å²) in [5, 5.41) is 0. The van der Waals surface area contributed by atoms with Gasteiger partial charge >= 0.3 is 5.97 Å². The van der Waals surface area contributed by atoms with Crippen LogP contribution in [-0.2, 0) is 9.53 Å². The van der Waals surface area contributed by atoms with E-state index >= 15 is 0 Å². The third-order valence-electron chi connectivity index (χ3n) is 4.14. The highest BCUT2D eigenvalue weighted by atomic mass is 16.6. The van der Waals surface area contributed by atoms with Crippen LogP contribution in [0.1, 0.15) is 59.8 Å². The number of esters is 1. The van der Waals surface area contributed by atoms with Crippen LogP contribution in [0.15, 0.2) is 12.2 Å². The monoisotopic (exact) mass is 238 g/mol. The molecule has 1 aliphatic rings. The zero-order valence-corrected chi connectivity index (χ0v) is 11.7. The number of rotatable bonds is 4. The van der Waals surface area contributed by atoms with Gasteiger partial charge in [0.2, 0.25) is 0 Å². The van der Waals surface area contributed by atoms with Crippen LogP contribution < -0.4 is 0 Å². The molecule has 0 aromatic carbocycles. The summed E-state index contributed by atoms with van der Waals surface area (Å²) in [6.45, 7) is 11.9. The summed E-state index contributed by atoms with van der Waals surface area (Å²) in [6, 6.07) is 0. The summed E-state index contributed by atoms with van der Waals surface area (Å²) < 4.78 is 5.63. The molecule has 3 atom stereocenters. The van der Waals surface area contributed by atoms with Crippen LogP contribution >= 0.6 is 0 Å². The Labute approximate surface area is 105 Å². The Morgan fingerprint density at radius 2 is 1.94 bits per heavy atom. The first-order valence-corrected chi connectivity index (χ1v) is 6.80. The van der Waals surface area contributed by atoms with E-state index in [0.717, 1.165) is 18.8 Å². The predicted octanol–water partition coefficient (Wildman–Crippen LogP) is 4.10. The molecule has 17 heavy (non-hydrogen) atoms. The molecule has 0 aromatic rings. The molecular formula is C15H26O2. The van der Waals surface area contributed by atoms with Crippen molar-refractivity contribution in [1.29, 1.82) is 0 Å². The van der Waals surface area contributed by atoms with Crippen molar-refractivity contribution in [3.8, 4) is 0 Å². The Kier molecular flexibility index (Phi) is 4.79. The van der Waals surface area contributed by atoms with Crippen molar-refractivity contribution in [3.05, 3.63) is 12.2 Å². The molecule has 0 N–H and O–H groups in total. The molecule has 0 bridgehead atoms. The summed E-state index contributed by atoms with van der Waals surface area (Å²) in [5.74, 6) is 1.26. The van der Waals surface area contributed by atoms with E-state index in [4.69, 9.17) is 4.74 Å². The topological polar surface area (TPSA) is 26.3 Å². The van der Waals surface area contributed by atoms with Crippen molar-refractivity contribution < 1.29 is 9.53 Å². The Morgan fingerprint density at radius 3 is 2.41 bits per heavy atom.